The minimum atomic E-state index is -3.32. The zero-order valence-corrected chi connectivity index (χ0v) is 22.2. The van der Waals surface area contributed by atoms with Crippen LogP contribution in [0.5, 0.6) is 0 Å². The monoisotopic (exact) mass is 452 g/mol. The molecular formula is C24H55NO4P+. The van der Waals surface area contributed by atoms with Crippen LogP contribution in [-0.2, 0) is 18.1 Å². The van der Waals surface area contributed by atoms with Gasteiger partial charge in [-0.25, -0.2) is 4.57 Å². The molecule has 0 aliphatic carbocycles. The van der Waals surface area contributed by atoms with Gasteiger partial charge in [0, 0.05) is 7.11 Å². The maximum Gasteiger partial charge on any atom is 0.474 e. The molecule has 1 N–H and O–H groups in total. The molecule has 184 valence electrons. The molecule has 0 spiro atoms. The molecule has 0 fully saturated rings. The van der Waals surface area contributed by atoms with Gasteiger partial charge in [-0.2, -0.15) is 0 Å². The van der Waals surface area contributed by atoms with Crippen LogP contribution in [0.2, 0.25) is 0 Å². The van der Waals surface area contributed by atoms with E-state index in [4.69, 9.17) is 13.6 Å². The van der Waals surface area contributed by atoms with Crippen LogP contribution in [0.3, 0.4) is 0 Å². The van der Waals surface area contributed by atoms with E-state index >= 15 is 0 Å². The average Bonchev–Trinajstić information content (AvgIpc) is 2.70. The van der Waals surface area contributed by atoms with E-state index in [1.807, 2.05) is 0 Å². The Balaban J connectivity index is 0. The quantitative estimate of drug-likeness (QED) is 0.153. The minimum absolute atomic E-state index is 0.431. The molecule has 0 aromatic rings. The van der Waals surface area contributed by atoms with Crippen molar-refractivity contribution in [3.05, 3.63) is 0 Å². The van der Waals surface area contributed by atoms with Crippen LogP contribution in [-0.4, -0.2) is 41.5 Å². The molecule has 0 heterocycles. The third kappa shape index (κ3) is 28.1. The van der Waals surface area contributed by atoms with E-state index in [0.29, 0.717) is 13.2 Å². The van der Waals surface area contributed by atoms with Crippen molar-refractivity contribution in [1.82, 2.24) is 0 Å². The SMILES string of the molecule is CCCCCCCCCCCCCCCCOP(=O)(OC)OCCCC.C[NH+](C)C. The summed E-state index contributed by atoms with van der Waals surface area (Å²) in [7, 11) is 4.32. The number of hydrogen-bond acceptors (Lipinski definition) is 4. The molecule has 30 heavy (non-hydrogen) atoms. The fourth-order valence-electron chi connectivity index (χ4n) is 2.94. The highest BCUT2D eigenvalue weighted by atomic mass is 31.2. The van der Waals surface area contributed by atoms with E-state index in [0.717, 1.165) is 25.7 Å². The summed E-state index contributed by atoms with van der Waals surface area (Å²) in [6.07, 6.45) is 20.4. The van der Waals surface area contributed by atoms with Crippen LogP contribution >= 0.6 is 7.82 Å². The summed E-state index contributed by atoms with van der Waals surface area (Å²) in [4.78, 5) is 1.42. The Kier molecular flexibility index (Phi) is 27.2. The summed E-state index contributed by atoms with van der Waals surface area (Å²) < 4.78 is 27.6. The molecular weight excluding hydrogens is 397 g/mol. The lowest BCUT2D eigenvalue weighted by molar-refractivity contribution is -0.836. The topological polar surface area (TPSA) is 49.2 Å². The van der Waals surface area contributed by atoms with E-state index in [1.165, 1.54) is 89.1 Å². The molecule has 0 radical (unpaired) electrons. The minimum Gasteiger partial charge on any atom is -0.342 e. The number of quaternary nitrogens is 1. The van der Waals surface area contributed by atoms with Crippen LogP contribution in [0.25, 0.3) is 0 Å². The van der Waals surface area contributed by atoms with Gasteiger partial charge in [0.25, 0.3) is 0 Å². The Bertz CT molecular complexity index is 364. The Morgan fingerprint density at radius 1 is 0.567 bits per heavy atom. The van der Waals surface area contributed by atoms with Gasteiger partial charge in [0.2, 0.25) is 0 Å². The molecule has 1 unspecified atom stereocenters. The van der Waals surface area contributed by atoms with Crippen LogP contribution in [0.4, 0.5) is 0 Å². The van der Waals surface area contributed by atoms with Gasteiger partial charge < -0.3 is 4.90 Å². The van der Waals surface area contributed by atoms with Gasteiger partial charge in [-0.1, -0.05) is 104 Å². The first kappa shape index (κ1) is 32.3. The summed E-state index contributed by atoms with van der Waals surface area (Å²) in [6.45, 7) is 5.22. The summed E-state index contributed by atoms with van der Waals surface area (Å²) >= 11 is 0. The van der Waals surface area contributed by atoms with Crippen molar-refractivity contribution < 1.29 is 23.0 Å². The Morgan fingerprint density at radius 2 is 0.867 bits per heavy atom. The normalized spacial score (nSPS) is 13.2. The number of hydrogen-bond donors (Lipinski definition) is 1. The van der Waals surface area contributed by atoms with E-state index in [9.17, 15) is 4.57 Å². The molecule has 1 atom stereocenters. The molecule has 0 rings (SSSR count). The van der Waals surface area contributed by atoms with Crippen LogP contribution in [0, 0.1) is 0 Å². The van der Waals surface area contributed by atoms with E-state index in [2.05, 4.69) is 35.0 Å². The number of nitrogens with one attached hydrogen (secondary N) is 1. The smallest absolute Gasteiger partial charge is 0.342 e. The van der Waals surface area contributed by atoms with Crippen LogP contribution in [0.1, 0.15) is 117 Å². The van der Waals surface area contributed by atoms with Crippen molar-refractivity contribution in [2.45, 2.75) is 117 Å². The first-order valence-electron chi connectivity index (χ1n) is 12.6. The zero-order valence-electron chi connectivity index (χ0n) is 21.3. The Morgan fingerprint density at radius 3 is 1.20 bits per heavy atom. The molecule has 0 aromatic heterocycles. The summed E-state index contributed by atoms with van der Waals surface area (Å²) in [5.74, 6) is 0. The van der Waals surface area contributed by atoms with E-state index in [1.54, 1.807) is 0 Å². The van der Waals surface area contributed by atoms with Crippen molar-refractivity contribution in [2.75, 3.05) is 41.5 Å². The maximum absolute atomic E-state index is 12.1. The third-order valence-corrected chi connectivity index (χ3v) is 6.16. The van der Waals surface area contributed by atoms with E-state index in [-0.39, 0.29) is 0 Å². The first-order valence-corrected chi connectivity index (χ1v) is 14.1. The highest BCUT2D eigenvalue weighted by molar-refractivity contribution is 7.48. The second-order valence-electron chi connectivity index (χ2n) is 8.75. The van der Waals surface area contributed by atoms with Gasteiger partial charge in [-0.3, -0.25) is 13.6 Å². The van der Waals surface area contributed by atoms with E-state index < -0.39 is 7.82 Å². The lowest BCUT2D eigenvalue weighted by Gasteiger charge is -2.15. The molecule has 0 aromatic carbocycles. The molecule has 5 nitrogen and oxygen atoms in total. The number of unbranched alkanes of at least 4 members (excludes halogenated alkanes) is 14. The largest absolute Gasteiger partial charge is 0.474 e. The standard InChI is InChI=1S/C21H45O4P.C3H9N/c1-4-6-8-9-10-11-12-13-14-15-16-17-18-19-21-25-26(22,23-3)24-20-7-5-2;1-4(2)3/h4-21H2,1-3H3;1-3H3/p+1. The molecule has 0 aliphatic rings. The van der Waals surface area contributed by atoms with Crippen molar-refractivity contribution in [3.8, 4) is 0 Å². The molecule has 0 saturated carbocycles. The van der Waals surface area contributed by atoms with Crippen LogP contribution < -0.4 is 4.90 Å². The lowest BCUT2D eigenvalue weighted by atomic mass is 10.0. The number of phosphoric acid groups is 1. The van der Waals surface area contributed by atoms with Gasteiger partial charge in [-0.05, 0) is 12.8 Å². The maximum atomic E-state index is 12.1. The van der Waals surface area contributed by atoms with Crippen molar-refractivity contribution in [1.29, 1.82) is 0 Å². The zero-order chi connectivity index (χ0) is 22.9. The fourth-order valence-corrected chi connectivity index (χ4v) is 3.93. The molecule has 0 saturated heterocycles. The molecule has 0 bridgehead atoms. The predicted octanol–water partition coefficient (Wildman–Crippen LogP) is 6.82. The summed E-state index contributed by atoms with van der Waals surface area (Å²) in [5, 5.41) is 0. The summed E-state index contributed by atoms with van der Waals surface area (Å²) in [5.41, 5.74) is 0. The highest BCUT2D eigenvalue weighted by Crippen LogP contribution is 2.48. The lowest BCUT2D eigenvalue weighted by Crippen LogP contribution is -3.02. The van der Waals surface area contributed by atoms with Gasteiger partial charge in [0.1, 0.15) is 0 Å². The Hall–Kier alpha value is 0.0700. The van der Waals surface area contributed by atoms with Gasteiger partial charge >= 0.3 is 7.82 Å². The summed E-state index contributed by atoms with van der Waals surface area (Å²) in [6, 6.07) is 0. The van der Waals surface area contributed by atoms with Crippen molar-refractivity contribution >= 4 is 7.82 Å². The average molecular weight is 453 g/mol. The van der Waals surface area contributed by atoms with Crippen LogP contribution in [0.15, 0.2) is 0 Å². The third-order valence-electron chi connectivity index (χ3n) is 4.72. The fraction of sp³-hybridized carbons (Fsp3) is 1.00. The van der Waals surface area contributed by atoms with Gasteiger partial charge in [-0.15, -0.1) is 0 Å². The number of rotatable bonds is 21. The number of phosphoric ester groups is 1. The predicted molar refractivity (Wildman–Crippen MR) is 130 cm³/mol. The molecule has 0 amide bonds. The first-order chi connectivity index (χ1) is 14.4. The second kappa shape index (κ2) is 25.3. The molecule has 6 heteroatoms. The Labute approximate surface area is 189 Å². The van der Waals surface area contributed by atoms with Crippen molar-refractivity contribution in [3.63, 3.8) is 0 Å². The van der Waals surface area contributed by atoms with Gasteiger partial charge in [0.05, 0.1) is 34.4 Å². The second-order valence-corrected chi connectivity index (χ2v) is 10.5. The van der Waals surface area contributed by atoms with Gasteiger partial charge in [0.15, 0.2) is 0 Å². The molecule has 0 aliphatic heterocycles. The highest BCUT2D eigenvalue weighted by Gasteiger charge is 2.23. The van der Waals surface area contributed by atoms with Crippen molar-refractivity contribution in [2.24, 2.45) is 0 Å².